The lowest BCUT2D eigenvalue weighted by molar-refractivity contribution is 0.707. The number of unbranched alkanes of at least 4 members (excludes halogenated alkanes) is 1. The maximum atomic E-state index is 2.46. The monoisotopic (exact) mass is 315 g/mol. The molecule has 24 heavy (non-hydrogen) atoms. The molecule has 2 aromatic carbocycles. The first-order valence-corrected chi connectivity index (χ1v) is 9.42. The molecule has 0 heterocycles. The van der Waals surface area contributed by atoms with Crippen molar-refractivity contribution in [2.75, 3.05) is 0 Å². The van der Waals surface area contributed by atoms with Crippen LogP contribution in [0.5, 0.6) is 0 Å². The molecule has 0 aromatic heterocycles. The predicted molar refractivity (Wildman–Crippen MR) is 109 cm³/mol. The van der Waals surface area contributed by atoms with Crippen molar-refractivity contribution >= 4 is 17.1 Å². The van der Waals surface area contributed by atoms with Gasteiger partial charge in [-0.3, -0.25) is 0 Å². The first-order chi connectivity index (χ1) is 11.8. The van der Waals surface area contributed by atoms with Crippen LogP contribution in [-0.4, -0.2) is 6.15 Å². The molecule has 1 aliphatic rings. The van der Waals surface area contributed by atoms with Gasteiger partial charge in [-0.2, -0.15) is 6.32 Å². The largest absolute Gasteiger partial charge is 0.204 e. The summed E-state index contributed by atoms with van der Waals surface area (Å²) in [5.74, 6) is 1.11. The zero-order valence-electron chi connectivity index (χ0n) is 14.9. The third-order valence-electron chi connectivity index (χ3n) is 5.93. The van der Waals surface area contributed by atoms with Crippen molar-refractivity contribution in [3.8, 4) is 0 Å². The second-order valence-electron chi connectivity index (χ2n) is 7.29. The van der Waals surface area contributed by atoms with Gasteiger partial charge in [0, 0.05) is 0 Å². The Balaban J connectivity index is 2.20. The average Bonchev–Trinajstić information content (AvgIpc) is 2.65. The molecule has 0 fully saturated rings. The molecule has 0 N–H and O–H groups in total. The van der Waals surface area contributed by atoms with Crippen LogP contribution in [0.25, 0.3) is 0 Å². The second kappa shape index (κ2) is 7.70. The molecule has 0 aliphatic heterocycles. The predicted octanol–water partition coefficient (Wildman–Crippen LogP) is 5.18. The van der Waals surface area contributed by atoms with Crippen molar-refractivity contribution in [1.82, 2.24) is 0 Å². The molecule has 0 saturated heterocycles. The van der Waals surface area contributed by atoms with Crippen LogP contribution in [0.2, 0.25) is 12.1 Å². The zero-order chi connectivity index (χ0) is 16.8. The first-order valence-electron chi connectivity index (χ1n) is 9.42. The average molecular weight is 315 g/mol. The highest BCUT2D eigenvalue weighted by Crippen LogP contribution is 2.37. The van der Waals surface area contributed by atoms with Crippen LogP contribution in [0.15, 0.2) is 85.0 Å². The summed E-state index contributed by atoms with van der Waals surface area (Å²) in [5.41, 5.74) is 3.02. The SMILES string of the molecule is CCCC[B-](c1ccccc1)(c1ccccc1)C1C=CC=CC1C. The molecule has 2 aromatic rings. The normalized spacial score (nSPS) is 20.2. The van der Waals surface area contributed by atoms with Crippen molar-refractivity contribution in [2.24, 2.45) is 5.92 Å². The summed E-state index contributed by atoms with van der Waals surface area (Å²) in [4.78, 5) is 0. The van der Waals surface area contributed by atoms with Crippen molar-refractivity contribution < 1.29 is 0 Å². The van der Waals surface area contributed by atoms with E-state index in [1.165, 1.54) is 30.1 Å². The number of allylic oxidation sites excluding steroid dienone is 4. The minimum Gasteiger partial charge on any atom is -0.204 e. The van der Waals surface area contributed by atoms with E-state index in [4.69, 9.17) is 0 Å². The molecule has 1 heteroatoms. The third-order valence-corrected chi connectivity index (χ3v) is 5.93. The maximum Gasteiger partial charge on any atom is 0.0620 e. The van der Waals surface area contributed by atoms with Crippen LogP contribution in [0, 0.1) is 5.92 Å². The molecule has 2 unspecified atom stereocenters. The summed E-state index contributed by atoms with van der Waals surface area (Å²) < 4.78 is 0. The van der Waals surface area contributed by atoms with Gasteiger partial charge in [-0.25, -0.2) is 10.9 Å². The van der Waals surface area contributed by atoms with E-state index in [1.54, 1.807) is 0 Å². The van der Waals surface area contributed by atoms with Crippen molar-refractivity contribution in [2.45, 2.75) is 38.8 Å². The van der Waals surface area contributed by atoms with Crippen LogP contribution >= 0.6 is 0 Å². The Morgan fingerprint density at radius 1 is 0.792 bits per heavy atom. The summed E-state index contributed by atoms with van der Waals surface area (Å²) in [6.45, 7) is 4.68. The van der Waals surface area contributed by atoms with E-state index in [1.807, 2.05) is 0 Å². The third kappa shape index (κ3) is 3.13. The number of rotatable bonds is 6. The summed E-state index contributed by atoms with van der Waals surface area (Å²) >= 11 is 0. The van der Waals surface area contributed by atoms with Crippen molar-refractivity contribution in [3.05, 3.63) is 85.0 Å². The Morgan fingerprint density at radius 2 is 1.33 bits per heavy atom. The molecule has 0 saturated carbocycles. The van der Waals surface area contributed by atoms with Crippen molar-refractivity contribution in [1.29, 1.82) is 0 Å². The minimum atomic E-state index is -0.819. The van der Waals surface area contributed by atoms with Gasteiger partial charge in [-0.05, 0) is 0 Å². The van der Waals surface area contributed by atoms with Crippen LogP contribution in [-0.2, 0) is 0 Å². The molecule has 0 spiro atoms. The molecular weight excluding hydrogens is 287 g/mol. The fourth-order valence-electron chi connectivity index (χ4n) is 4.73. The lowest BCUT2D eigenvalue weighted by atomic mass is 9.10. The Kier molecular flexibility index (Phi) is 5.40. The molecule has 1 aliphatic carbocycles. The highest BCUT2D eigenvalue weighted by Gasteiger charge is 2.36. The molecule has 3 rings (SSSR count). The summed E-state index contributed by atoms with van der Waals surface area (Å²) in [5, 5.41) is 0. The highest BCUT2D eigenvalue weighted by molar-refractivity contribution is 7.03. The quantitative estimate of drug-likeness (QED) is 0.644. The Labute approximate surface area is 147 Å². The molecule has 124 valence electrons. The lowest BCUT2D eigenvalue weighted by Crippen LogP contribution is -2.62. The smallest absolute Gasteiger partial charge is 0.0620 e. The van der Waals surface area contributed by atoms with Gasteiger partial charge in [0.05, 0.1) is 6.15 Å². The summed E-state index contributed by atoms with van der Waals surface area (Å²) in [7, 11) is 0. The molecular formula is C23H28B-. The van der Waals surface area contributed by atoms with E-state index in [-0.39, 0.29) is 0 Å². The van der Waals surface area contributed by atoms with Crippen LogP contribution in [0.4, 0.5) is 0 Å². The molecule has 0 amide bonds. The Morgan fingerprint density at radius 3 is 1.83 bits per heavy atom. The number of hydrogen-bond donors (Lipinski definition) is 0. The standard InChI is InChI=1S/C23H28B/c1-3-4-19-24(21-14-7-5-8-15-21,22-16-9-6-10-17-22)23-18-12-11-13-20(23)2/h5-18,20,23H,3-4,19H2,1-2H3/q-1. The van der Waals surface area contributed by atoms with Crippen molar-refractivity contribution in [3.63, 3.8) is 0 Å². The van der Waals surface area contributed by atoms with E-state index >= 15 is 0 Å². The van der Waals surface area contributed by atoms with Crippen LogP contribution in [0.1, 0.15) is 26.7 Å². The summed E-state index contributed by atoms with van der Waals surface area (Å²) in [6.07, 6.45) is 12.2. The maximum absolute atomic E-state index is 2.46. The van der Waals surface area contributed by atoms with Gasteiger partial charge >= 0.3 is 0 Å². The lowest BCUT2D eigenvalue weighted by Gasteiger charge is -2.50. The van der Waals surface area contributed by atoms with E-state index in [2.05, 4.69) is 98.8 Å². The van der Waals surface area contributed by atoms with Gasteiger partial charge in [0.2, 0.25) is 0 Å². The van der Waals surface area contributed by atoms with Crippen LogP contribution in [0.3, 0.4) is 0 Å². The fourth-order valence-corrected chi connectivity index (χ4v) is 4.73. The first kappa shape index (κ1) is 16.8. The van der Waals surface area contributed by atoms with Gasteiger partial charge in [0.1, 0.15) is 0 Å². The van der Waals surface area contributed by atoms with Gasteiger partial charge in [0.15, 0.2) is 0 Å². The number of hydrogen-bond acceptors (Lipinski definition) is 0. The molecule has 0 bridgehead atoms. The Hall–Kier alpha value is -2.02. The topological polar surface area (TPSA) is 0 Å². The van der Waals surface area contributed by atoms with Gasteiger partial charge in [0.25, 0.3) is 0 Å². The van der Waals surface area contributed by atoms with E-state index in [0.29, 0.717) is 11.7 Å². The highest BCUT2D eigenvalue weighted by atomic mass is 14.2. The summed E-state index contributed by atoms with van der Waals surface area (Å²) in [6, 6.07) is 22.5. The second-order valence-corrected chi connectivity index (χ2v) is 7.29. The van der Waals surface area contributed by atoms with E-state index in [9.17, 15) is 0 Å². The van der Waals surface area contributed by atoms with Gasteiger partial charge in [-0.15, -0.1) is 11.9 Å². The molecule has 2 atom stereocenters. The van der Waals surface area contributed by atoms with E-state index < -0.39 is 6.15 Å². The molecule has 0 nitrogen and oxygen atoms in total. The molecule has 0 radical (unpaired) electrons. The minimum absolute atomic E-state index is 0.548. The number of benzene rings is 2. The van der Waals surface area contributed by atoms with Gasteiger partial charge in [-0.1, -0.05) is 111 Å². The Bertz CT molecular complexity index is 645. The fraction of sp³-hybridized carbons (Fsp3) is 0.304. The van der Waals surface area contributed by atoms with Gasteiger partial charge < -0.3 is 0 Å². The van der Waals surface area contributed by atoms with Crippen LogP contribution < -0.4 is 10.9 Å². The van der Waals surface area contributed by atoms with E-state index in [0.717, 1.165) is 0 Å². The zero-order valence-corrected chi connectivity index (χ0v) is 14.9.